The normalized spacial score (nSPS) is 14.2. The number of methoxy groups -OCH3 is 1. The fourth-order valence-corrected chi connectivity index (χ4v) is 1.49. The molecule has 1 aromatic heterocycles. The Morgan fingerprint density at radius 1 is 1.29 bits per heavy atom. The Morgan fingerprint density at radius 3 is 2.35 bits per heavy atom. The lowest BCUT2D eigenvalue weighted by atomic mass is 10.4. The molecule has 7 nitrogen and oxygen atoms in total. The van der Waals surface area contributed by atoms with Gasteiger partial charge >= 0.3 is 6.01 Å². The molecule has 96 valence electrons. The Kier molecular flexibility index (Phi) is 4.11. The van der Waals surface area contributed by atoms with Crippen LogP contribution in [0.15, 0.2) is 0 Å². The van der Waals surface area contributed by atoms with Gasteiger partial charge in [0.2, 0.25) is 11.9 Å². The number of rotatable bonds is 5. The van der Waals surface area contributed by atoms with Gasteiger partial charge in [-0.25, -0.2) is 4.21 Å². The van der Waals surface area contributed by atoms with Crippen molar-refractivity contribution in [1.82, 2.24) is 15.0 Å². The summed E-state index contributed by atoms with van der Waals surface area (Å²) in [7, 11) is -0.983. The molecule has 0 fully saturated rings. The largest absolute Gasteiger partial charge is 0.467 e. The zero-order chi connectivity index (χ0) is 13.1. The van der Waals surface area contributed by atoms with E-state index < -0.39 is 9.71 Å². The summed E-state index contributed by atoms with van der Waals surface area (Å²) in [5.74, 6) is 4.00. The van der Waals surface area contributed by atoms with E-state index in [1.165, 1.54) is 13.4 Å². The lowest BCUT2D eigenvalue weighted by Gasteiger charge is -2.11. The third-order valence-electron chi connectivity index (χ3n) is 1.52. The van der Waals surface area contributed by atoms with Gasteiger partial charge < -0.3 is 10.1 Å². The molecular formula is C9H17N5O2S. The predicted octanol–water partition coefficient (Wildman–Crippen LogP) is 0.374. The van der Waals surface area contributed by atoms with E-state index in [2.05, 4.69) is 30.9 Å². The van der Waals surface area contributed by atoms with Crippen LogP contribution in [0, 0.1) is 0 Å². The van der Waals surface area contributed by atoms with Crippen LogP contribution in [0.5, 0.6) is 6.01 Å². The van der Waals surface area contributed by atoms with Crippen molar-refractivity contribution in [3.63, 3.8) is 0 Å². The van der Waals surface area contributed by atoms with Gasteiger partial charge in [-0.15, -0.1) is 0 Å². The smallest absolute Gasteiger partial charge is 0.322 e. The molecule has 0 aliphatic heterocycles. The Balaban J connectivity index is 3.05. The molecule has 17 heavy (non-hydrogen) atoms. The maximum Gasteiger partial charge on any atom is 0.322 e. The van der Waals surface area contributed by atoms with Crippen LogP contribution in [-0.4, -0.2) is 44.4 Å². The van der Waals surface area contributed by atoms with Crippen LogP contribution in [0.3, 0.4) is 0 Å². The highest BCUT2D eigenvalue weighted by molar-refractivity contribution is 8.00. The number of aromatic nitrogens is 3. The zero-order valence-electron chi connectivity index (χ0n) is 10.4. The van der Waals surface area contributed by atoms with E-state index in [-0.39, 0.29) is 18.0 Å². The van der Waals surface area contributed by atoms with E-state index in [0.29, 0.717) is 5.95 Å². The van der Waals surface area contributed by atoms with Crippen LogP contribution in [0.25, 0.3) is 0 Å². The van der Waals surface area contributed by atoms with E-state index >= 15 is 0 Å². The Bertz CT molecular complexity index is 486. The molecule has 1 heterocycles. The molecule has 1 atom stereocenters. The number of anilines is 2. The molecule has 1 rings (SSSR count). The topological polar surface area (TPSA) is 89.0 Å². The monoisotopic (exact) mass is 259 g/mol. The molecule has 0 spiro atoms. The molecule has 2 N–H and O–H groups in total. The Labute approximate surface area is 101 Å². The lowest BCUT2D eigenvalue weighted by molar-refractivity contribution is 0.379. The quantitative estimate of drug-likeness (QED) is 0.743. The molecule has 0 amide bonds. The van der Waals surface area contributed by atoms with Crippen molar-refractivity contribution in [2.45, 2.75) is 19.9 Å². The van der Waals surface area contributed by atoms with Crippen LogP contribution >= 0.6 is 0 Å². The van der Waals surface area contributed by atoms with Crippen molar-refractivity contribution in [3.05, 3.63) is 0 Å². The third kappa shape index (κ3) is 4.85. The molecule has 0 aliphatic rings. The van der Waals surface area contributed by atoms with Crippen molar-refractivity contribution < 1.29 is 8.95 Å². The van der Waals surface area contributed by atoms with Gasteiger partial charge in [-0.2, -0.15) is 15.0 Å². The first-order valence-corrected chi connectivity index (χ1v) is 7.10. The van der Waals surface area contributed by atoms with Crippen LogP contribution < -0.4 is 14.8 Å². The first kappa shape index (κ1) is 13.5. The maximum absolute atomic E-state index is 11.5. The standard InChI is InChI=1S/C9H17N5O2S/c1-6(2)10-7-11-8(14-17(4,5)15)13-9(12-7)16-3/h6H,4H2,1-3,5H3,(H2,10,11,12,13,14,15). The van der Waals surface area contributed by atoms with Gasteiger partial charge in [0.1, 0.15) is 0 Å². The minimum atomic E-state index is -2.43. The van der Waals surface area contributed by atoms with Gasteiger partial charge in [-0.1, -0.05) is 0 Å². The van der Waals surface area contributed by atoms with Crippen molar-refractivity contribution >= 4 is 27.5 Å². The molecule has 0 aromatic carbocycles. The number of hydrogen-bond acceptors (Lipinski definition) is 6. The van der Waals surface area contributed by atoms with Gasteiger partial charge in [0.05, 0.1) is 7.11 Å². The van der Waals surface area contributed by atoms with Gasteiger partial charge in [-0.3, -0.25) is 4.72 Å². The van der Waals surface area contributed by atoms with Crippen molar-refractivity contribution in [1.29, 1.82) is 0 Å². The first-order valence-electron chi connectivity index (χ1n) is 4.97. The summed E-state index contributed by atoms with van der Waals surface area (Å²) in [6.45, 7) is 3.90. The highest BCUT2D eigenvalue weighted by Gasteiger charge is 2.08. The summed E-state index contributed by atoms with van der Waals surface area (Å²) in [5, 5.41) is 3.01. The number of hydrogen-bond donors (Lipinski definition) is 2. The molecule has 1 aromatic rings. The molecule has 0 saturated heterocycles. The average Bonchev–Trinajstić information content (AvgIpc) is 2.13. The van der Waals surface area contributed by atoms with Gasteiger partial charge in [-0.05, 0) is 19.7 Å². The van der Waals surface area contributed by atoms with E-state index in [0.717, 1.165) is 0 Å². The van der Waals surface area contributed by atoms with E-state index in [1.54, 1.807) is 0 Å². The minimum absolute atomic E-state index is 0.148. The summed E-state index contributed by atoms with van der Waals surface area (Å²) in [6.07, 6.45) is 1.46. The molecule has 0 saturated carbocycles. The number of nitrogens with zero attached hydrogens (tertiary/aromatic N) is 3. The van der Waals surface area contributed by atoms with Crippen LogP contribution in [0.4, 0.5) is 11.9 Å². The molecule has 0 radical (unpaired) electrons. The summed E-state index contributed by atoms with van der Waals surface area (Å²) in [4.78, 5) is 12.0. The van der Waals surface area contributed by atoms with E-state index in [4.69, 9.17) is 4.74 Å². The fourth-order valence-electron chi connectivity index (χ4n) is 1.01. The van der Waals surface area contributed by atoms with Crippen molar-refractivity contribution in [2.24, 2.45) is 0 Å². The van der Waals surface area contributed by atoms with Crippen LogP contribution in [0.1, 0.15) is 13.8 Å². The molecule has 8 heteroatoms. The van der Waals surface area contributed by atoms with Gasteiger partial charge in [0.15, 0.2) is 0 Å². The van der Waals surface area contributed by atoms with Crippen molar-refractivity contribution in [2.75, 3.05) is 23.4 Å². The van der Waals surface area contributed by atoms with Crippen LogP contribution in [0.2, 0.25) is 0 Å². The van der Waals surface area contributed by atoms with Crippen LogP contribution in [-0.2, 0) is 9.71 Å². The first-order chi connectivity index (χ1) is 7.80. The summed E-state index contributed by atoms with van der Waals surface area (Å²) in [6, 6.07) is 0.315. The molecule has 0 bridgehead atoms. The summed E-state index contributed by atoms with van der Waals surface area (Å²) in [5.41, 5.74) is 0. The zero-order valence-corrected chi connectivity index (χ0v) is 11.2. The average molecular weight is 259 g/mol. The molecular weight excluding hydrogens is 242 g/mol. The van der Waals surface area contributed by atoms with E-state index in [9.17, 15) is 4.21 Å². The van der Waals surface area contributed by atoms with E-state index in [1.807, 2.05) is 13.8 Å². The number of nitrogens with one attached hydrogen (secondary N) is 2. The molecule has 1 unspecified atom stereocenters. The predicted molar refractivity (Wildman–Crippen MR) is 69.9 cm³/mol. The third-order valence-corrected chi connectivity index (χ3v) is 2.14. The second kappa shape index (κ2) is 5.17. The maximum atomic E-state index is 11.5. The highest BCUT2D eigenvalue weighted by atomic mass is 32.2. The summed E-state index contributed by atoms with van der Waals surface area (Å²) < 4.78 is 19.0. The molecule has 0 aliphatic carbocycles. The SMILES string of the molecule is C=S(C)(=O)Nc1nc(NC(C)C)nc(OC)n1. The summed E-state index contributed by atoms with van der Waals surface area (Å²) >= 11 is 0. The number of ether oxygens (including phenoxy) is 1. The minimum Gasteiger partial charge on any atom is -0.467 e. The lowest BCUT2D eigenvalue weighted by Crippen LogP contribution is -2.17. The second-order valence-corrected chi connectivity index (χ2v) is 6.09. The van der Waals surface area contributed by atoms with Crippen molar-refractivity contribution in [3.8, 4) is 6.01 Å². The van der Waals surface area contributed by atoms with Gasteiger partial charge in [0, 0.05) is 22.0 Å². The Morgan fingerprint density at radius 2 is 1.88 bits per heavy atom. The fraction of sp³-hybridized carbons (Fsp3) is 0.556. The second-order valence-electron chi connectivity index (χ2n) is 3.88. The Hall–Kier alpha value is -1.57. The highest BCUT2D eigenvalue weighted by Crippen LogP contribution is 2.12. The van der Waals surface area contributed by atoms with Gasteiger partial charge in [0.25, 0.3) is 0 Å².